The number of aryl methyl sites for hydroxylation is 2. The summed E-state index contributed by atoms with van der Waals surface area (Å²) in [6, 6.07) is 7.16. The van der Waals surface area contributed by atoms with Crippen LogP contribution in [0.2, 0.25) is 0 Å². The summed E-state index contributed by atoms with van der Waals surface area (Å²) in [5, 5.41) is 8.29. The van der Waals surface area contributed by atoms with Crippen molar-refractivity contribution in [3.63, 3.8) is 0 Å². The third-order valence-corrected chi connectivity index (χ3v) is 7.49. The molecular weight excluding hydrogens is 445 g/mol. The zero-order valence-corrected chi connectivity index (χ0v) is 20.3. The first-order valence-electron chi connectivity index (χ1n) is 12.3. The largest absolute Gasteiger partial charge is 0.491 e. The standard InChI is InChI=1S/C27H32FN5O2/c1-16-21(7-8-24(28)31-16)22-12-18(14-33-10-9-32(2)27(33)30)13-23-25(34)19(15-35-26(22)23)11-17-3-5-20(29)6-4-17/h7-10,12-13,17,19-20,30H,3-6,11,14-15,29H2,1-2H3. The lowest BCUT2D eigenvalue weighted by Crippen LogP contribution is -2.33. The molecule has 35 heavy (non-hydrogen) atoms. The van der Waals surface area contributed by atoms with E-state index in [1.54, 1.807) is 17.6 Å². The summed E-state index contributed by atoms with van der Waals surface area (Å²) in [6.45, 7) is 2.54. The van der Waals surface area contributed by atoms with Crippen LogP contribution in [0.15, 0.2) is 36.7 Å². The van der Waals surface area contributed by atoms with E-state index in [4.69, 9.17) is 15.9 Å². The van der Waals surface area contributed by atoms with Crippen LogP contribution >= 0.6 is 0 Å². The summed E-state index contributed by atoms with van der Waals surface area (Å²) in [4.78, 5) is 17.7. The van der Waals surface area contributed by atoms with Gasteiger partial charge in [-0.25, -0.2) is 4.98 Å². The van der Waals surface area contributed by atoms with E-state index in [-0.39, 0.29) is 17.7 Å². The van der Waals surface area contributed by atoms with Crippen molar-refractivity contribution in [2.24, 2.45) is 24.6 Å². The zero-order chi connectivity index (χ0) is 24.7. The van der Waals surface area contributed by atoms with Crippen molar-refractivity contribution < 1.29 is 13.9 Å². The van der Waals surface area contributed by atoms with E-state index in [9.17, 15) is 9.18 Å². The fraction of sp³-hybridized carbons (Fsp3) is 0.444. The average Bonchev–Trinajstić information content (AvgIpc) is 3.14. The number of halogens is 1. The minimum Gasteiger partial charge on any atom is -0.491 e. The molecule has 2 aromatic heterocycles. The highest BCUT2D eigenvalue weighted by Gasteiger charge is 2.34. The van der Waals surface area contributed by atoms with E-state index < -0.39 is 5.95 Å². The first-order valence-corrected chi connectivity index (χ1v) is 12.3. The SMILES string of the molecule is Cc1nc(F)ccc1-c1cc(Cn2ccn(C)c2=N)cc2c1OCC(CC1CCC(N)CC1)C2=O. The van der Waals surface area contributed by atoms with Gasteiger partial charge < -0.3 is 19.6 Å². The summed E-state index contributed by atoms with van der Waals surface area (Å²) in [6.07, 6.45) is 8.62. The number of benzene rings is 1. The maximum Gasteiger partial charge on any atom is 0.213 e. The maximum absolute atomic E-state index is 13.7. The van der Waals surface area contributed by atoms with Gasteiger partial charge in [-0.15, -0.1) is 0 Å². The number of imidazole rings is 1. The normalized spacial score (nSPS) is 22.1. The van der Waals surface area contributed by atoms with Gasteiger partial charge in [0.15, 0.2) is 5.78 Å². The highest BCUT2D eigenvalue weighted by molar-refractivity contribution is 6.03. The van der Waals surface area contributed by atoms with Crippen molar-refractivity contribution in [3.05, 3.63) is 65.0 Å². The van der Waals surface area contributed by atoms with E-state index >= 15 is 0 Å². The highest BCUT2D eigenvalue weighted by Crippen LogP contribution is 2.41. The number of rotatable bonds is 5. The number of carbonyl (C=O) groups excluding carboxylic acids is 1. The van der Waals surface area contributed by atoms with Crippen LogP contribution < -0.4 is 16.1 Å². The average molecular weight is 478 g/mol. The highest BCUT2D eigenvalue weighted by atomic mass is 19.1. The van der Waals surface area contributed by atoms with Crippen molar-refractivity contribution >= 4 is 5.78 Å². The van der Waals surface area contributed by atoms with Crippen molar-refractivity contribution in [1.82, 2.24) is 14.1 Å². The molecule has 8 heteroatoms. The van der Waals surface area contributed by atoms with Crippen LogP contribution in [0.5, 0.6) is 5.75 Å². The molecule has 1 aromatic carbocycles. The first kappa shape index (κ1) is 23.5. The van der Waals surface area contributed by atoms with Gasteiger partial charge in [-0.3, -0.25) is 10.2 Å². The summed E-state index contributed by atoms with van der Waals surface area (Å²) < 4.78 is 23.6. The molecule has 3 heterocycles. The second kappa shape index (κ2) is 9.41. The molecule has 1 aliphatic heterocycles. The van der Waals surface area contributed by atoms with Crippen LogP contribution in [0.25, 0.3) is 11.1 Å². The van der Waals surface area contributed by atoms with Crippen LogP contribution in [0.1, 0.15) is 53.7 Å². The van der Waals surface area contributed by atoms with E-state index in [2.05, 4.69) is 4.98 Å². The molecule has 3 N–H and O–H groups in total. The molecule has 1 aliphatic carbocycles. The summed E-state index contributed by atoms with van der Waals surface area (Å²) in [5.41, 5.74) is 9.89. The van der Waals surface area contributed by atoms with Crippen LogP contribution in [0.4, 0.5) is 4.39 Å². The third-order valence-electron chi connectivity index (χ3n) is 7.49. The molecule has 0 amide bonds. The second-order valence-corrected chi connectivity index (χ2v) is 10.0. The lowest BCUT2D eigenvalue weighted by molar-refractivity contribution is 0.0786. The fourth-order valence-corrected chi connectivity index (χ4v) is 5.46. The molecule has 184 valence electrons. The molecule has 0 radical (unpaired) electrons. The van der Waals surface area contributed by atoms with Crippen molar-refractivity contribution in [2.45, 2.75) is 51.6 Å². The van der Waals surface area contributed by atoms with Gasteiger partial charge in [-0.2, -0.15) is 4.39 Å². The second-order valence-electron chi connectivity index (χ2n) is 10.0. The van der Waals surface area contributed by atoms with Gasteiger partial charge in [0.05, 0.1) is 24.6 Å². The van der Waals surface area contributed by atoms with E-state index in [1.807, 2.05) is 36.1 Å². The molecule has 0 saturated heterocycles. The number of ketones is 1. The molecule has 1 atom stereocenters. The molecule has 0 bridgehead atoms. The van der Waals surface area contributed by atoms with Gasteiger partial charge in [0.1, 0.15) is 5.75 Å². The molecule has 1 fully saturated rings. The lowest BCUT2D eigenvalue weighted by Gasteiger charge is -2.32. The number of fused-ring (bicyclic) bond motifs is 1. The number of carbonyl (C=O) groups is 1. The topological polar surface area (TPSA) is 98.9 Å². The van der Waals surface area contributed by atoms with Gasteiger partial charge >= 0.3 is 0 Å². The van der Waals surface area contributed by atoms with Crippen molar-refractivity contribution in [3.8, 4) is 16.9 Å². The summed E-state index contributed by atoms with van der Waals surface area (Å²) in [7, 11) is 1.82. The van der Waals surface area contributed by atoms with Crippen molar-refractivity contribution in [1.29, 1.82) is 5.41 Å². The number of ether oxygens (including phenoxy) is 1. The minimum atomic E-state index is -0.542. The number of aromatic nitrogens is 3. The Bertz CT molecular complexity index is 1320. The lowest BCUT2D eigenvalue weighted by atomic mass is 9.78. The van der Waals surface area contributed by atoms with Crippen LogP contribution in [-0.4, -0.2) is 32.6 Å². The fourth-order valence-electron chi connectivity index (χ4n) is 5.46. The van der Waals surface area contributed by atoms with Gasteiger partial charge in [0.2, 0.25) is 11.6 Å². The maximum atomic E-state index is 13.7. The van der Waals surface area contributed by atoms with Gasteiger partial charge in [0.25, 0.3) is 0 Å². The van der Waals surface area contributed by atoms with Crippen LogP contribution in [0.3, 0.4) is 0 Å². The summed E-state index contributed by atoms with van der Waals surface area (Å²) in [5.74, 6) is 0.404. The first-order chi connectivity index (χ1) is 16.8. The molecule has 5 rings (SSSR count). The number of nitrogens with zero attached hydrogens (tertiary/aromatic N) is 3. The van der Waals surface area contributed by atoms with Gasteiger partial charge in [0, 0.05) is 42.3 Å². The van der Waals surface area contributed by atoms with E-state index in [0.717, 1.165) is 48.8 Å². The number of nitrogens with two attached hydrogens (primary N) is 1. The third kappa shape index (κ3) is 4.67. The zero-order valence-electron chi connectivity index (χ0n) is 20.3. The minimum absolute atomic E-state index is 0.0982. The molecule has 2 aliphatic rings. The van der Waals surface area contributed by atoms with Crippen molar-refractivity contribution in [2.75, 3.05) is 6.61 Å². The van der Waals surface area contributed by atoms with Gasteiger partial charge in [-0.05, 0) is 74.8 Å². The monoisotopic (exact) mass is 477 g/mol. The Morgan fingerprint density at radius 3 is 2.57 bits per heavy atom. The number of Topliss-reactive ketones (excluding diaryl/α,β-unsaturated/α-hetero) is 1. The number of pyridine rings is 1. The Morgan fingerprint density at radius 2 is 1.89 bits per heavy atom. The molecule has 3 aromatic rings. The summed E-state index contributed by atoms with van der Waals surface area (Å²) >= 11 is 0. The van der Waals surface area contributed by atoms with E-state index in [1.165, 1.54) is 6.07 Å². The molecular formula is C27H32FN5O2. The Labute approximate surface area is 204 Å². The Morgan fingerprint density at radius 1 is 1.14 bits per heavy atom. The smallest absolute Gasteiger partial charge is 0.213 e. The predicted molar refractivity (Wildman–Crippen MR) is 131 cm³/mol. The quantitative estimate of drug-likeness (QED) is 0.544. The van der Waals surface area contributed by atoms with Crippen LogP contribution in [-0.2, 0) is 13.6 Å². The Balaban J connectivity index is 1.53. The van der Waals surface area contributed by atoms with E-state index in [0.29, 0.717) is 41.7 Å². The predicted octanol–water partition coefficient (Wildman–Crippen LogP) is 3.96. The molecule has 0 spiro atoms. The number of hydrogen-bond acceptors (Lipinski definition) is 5. The molecule has 1 unspecified atom stereocenters. The van der Waals surface area contributed by atoms with Crippen LogP contribution in [0, 0.1) is 30.1 Å². The molecule has 1 saturated carbocycles. The molecule has 7 nitrogen and oxygen atoms in total. The Kier molecular flexibility index (Phi) is 6.32. The van der Waals surface area contributed by atoms with Gasteiger partial charge in [-0.1, -0.05) is 0 Å². The number of nitrogens with one attached hydrogen (secondary N) is 1. The number of hydrogen-bond donors (Lipinski definition) is 2. The Hall–Kier alpha value is -3.26.